The lowest BCUT2D eigenvalue weighted by molar-refractivity contribution is -0.274. The van der Waals surface area contributed by atoms with Crippen molar-refractivity contribution in [2.45, 2.75) is 19.8 Å². The number of benzene rings is 1. The molecule has 10 heteroatoms. The van der Waals surface area contributed by atoms with Gasteiger partial charge in [-0.15, -0.1) is 13.2 Å². The first kappa shape index (κ1) is 17.8. The molecular formula is C13H15F3N2O3S2. The zero-order valence-corrected chi connectivity index (χ0v) is 14.1. The molecule has 0 saturated heterocycles. The molecule has 0 radical (unpaired) electrons. The van der Waals surface area contributed by atoms with Crippen LogP contribution in [0.15, 0.2) is 23.2 Å². The summed E-state index contributed by atoms with van der Waals surface area (Å²) in [6, 6.07) is 3.94. The third-order valence-corrected chi connectivity index (χ3v) is 5.96. The SMILES string of the molecule is CCS(=O)(=O)CCn1c(=NC)sc2cc(OC(F)(F)F)ccc21. The minimum atomic E-state index is -4.76. The first-order valence-electron chi connectivity index (χ1n) is 6.67. The molecular weight excluding hydrogens is 353 g/mol. The number of fused-ring (bicyclic) bond motifs is 1. The van der Waals surface area contributed by atoms with Gasteiger partial charge in [-0.3, -0.25) is 4.99 Å². The zero-order chi connectivity index (χ0) is 17.3. The summed E-state index contributed by atoms with van der Waals surface area (Å²) in [7, 11) is -1.61. The van der Waals surface area contributed by atoms with E-state index >= 15 is 0 Å². The molecule has 1 aromatic heterocycles. The highest BCUT2D eigenvalue weighted by Crippen LogP contribution is 2.27. The summed E-state index contributed by atoms with van der Waals surface area (Å²) in [4.78, 5) is 4.60. The van der Waals surface area contributed by atoms with Crippen molar-refractivity contribution >= 4 is 31.4 Å². The quantitative estimate of drug-likeness (QED) is 0.815. The van der Waals surface area contributed by atoms with Gasteiger partial charge >= 0.3 is 6.36 Å². The maximum Gasteiger partial charge on any atom is 0.573 e. The summed E-state index contributed by atoms with van der Waals surface area (Å²) in [6.07, 6.45) is -4.76. The third kappa shape index (κ3) is 4.47. The van der Waals surface area contributed by atoms with Crippen molar-refractivity contribution in [1.82, 2.24) is 4.57 Å². The summed E-state index contributed by atoms with van der Waals surface area (Å²) in [5, 5.41) is 0. The monoisotopic (exact) mass is 368 g/mol. The molecule has 0 unspecified atom stereocenters. The molecule has 0 saturated carbocycles. The van der Waals surface area contributed by atoms with Crippen molar-refractivity contribution in [2.75, 3.05) is 18.6 Å². The maximum atomic E-state index is 12.3. The number of rotatable bonds is 5. The first-order chi connectivity index (χ1) is 10.6. The van der Waals surface area contributed by atoms with Crippen LogP contribution in [0, 0.1) is 0 Å². The number of aryl methyl sites for hydroxylation is 1. The fourth-order valence-electron chi connectivity index (χ4n) is 2.01. The number of hydrogen-bond acceptors (Lipinski definition) is 5. The van der Waals surface area contributed by atoms with E-state index in [4.69, 9.17) is 0 Å². The van der Waals surface area contributed by atoms with Gasteiger partial charge in [0.1, 0.15) is 5.75 Å². The Balaban J connectivity index is 2.41. The molecule has 1 heterocycles. The van der Waals surface area contributed by atoms with Gasteiger partial charge in [0.2, 0.25) is 0 Å². The lowest BCUT2D eigenvalue weighted by Gasteiger charge is -2.09. The average Bonchev–Trinajstić information content (AvgIpc) is 2.80. The number of thiazole rings is 1. The van der Waals surface area contributed by atoms with E-state index in [0.29, 0.717) is 15.0 Å². The van der Waals surface area contributed by atoms with Crippen LogP contribution in [0.25, 0.3) is 10.2 Å². The van der Waals surface area contributed by atoms with Crippen LogP contribution in [0.1, 0.15) is 6.92 Å². The number of aromatic nitrogens is 1. The molecule has 0 bridgehead atoms. The van der Waals surface area contributed by atoms with Crippen LogP contribution in [0.3, 0.4) is 0 Å². The number of ether oxygens (including phenoxy) is 1. The number of halogens is 3. The molecule has 0 aliphatic carbocycles. The van der Waals surface area contributed by atoms with E-state index in [2.05, 4.69) is 9.73 Å². The summed E-state index contributed by atoms with van der Waals surface area (Å²) in [5.74, 6) is -0.330. The van der Waals surface area contributed by atoms with E-state index in [1.54, 1.807) is 18.5 Å². The molecule has 128 valence electrons. The highest BCUT2D eigenvalue weighted by molar-refractivity contribution is 7.91. The van der Waals surface area contributed by atoms with E-state index in [0.717, 1.165) is 0 Å². The molecule has 2 rings (SSSR count). The smallest absolute Gasteiger partial charge is 0.406 e. The van der Waals surface area contributed by atoms with Crippen molar-refractivity contribution in [3.05, 3.63) is 23.0 Å². The van der Waals surface area contributed by atoms with Gasteiger partial charge in [-0.05, 0) is 18.2 Å². The summed E-state index contributed by atoms with van der Waals surface area (Å²) in [5.41, 5.74) is 0.622. The second-order valence-corrected chi connectivity index (χ2v) is 8.16. The molecule has 1 aromatic carbocycles. The van der Waals surface area contributed by atoms with Crippen LogP contribution in [0.2, 0.25) is 0 Å². The number of alkyl halides is 3. The molecule has 0 atom stereocenters. The fraction of sp³-hybridized carbons (Fsp3) is 0.462. The Morgan fingerprint density at radius 2 is 2.04 bits per heavy atom. The van der Waals surface area contributed by atoms with Crippen molar-refractivity contribution in [3.63, 3.8) is 0 Å². The Kier molecular flexibility index (Phi) is 5.04. The predicted molar refractivity (Wildman–Crippen MR) is 82.3 cm³/mol. The lowest BCUT2D eigenvalue weighted by Crippen LogP contribution is -2.21. The maximum absolute atomic E-state index is 12.3. The first-order valence-corrected chi connectivity index (χ1v) is 9.31. The molecule has 0 spiro atoms. The second-order valence-electron chi connectivity index (χ2n) is 4.67. The Labute approximate surface area is 135 Å². The van der Waals surface area contributed by atoms with Crippen LogP contribution in [-0.2, 0) is 16.4 Å². The van der Waals surface area contributed by atoms with E-state index in [9.17, 15) is 21.6 Å². The van der Waals surface area contributed by atoms with Gasteiger partial charge in [0.15, 0.2) is 14.6 Å². The minimum absolute atomic E-state index is 0.0395. The molecule has 23 heavy (non-hydrogen) atoms. The lowest BCUT2D eigenvalue weighted by atomic mass is 10.3. The van der Waals surface area contributed by atoms with Crippen molar-refractivity contribution in [2.24, 2.45) is 4.99 Å². The Hall–Kier alpha value is -1.55. The third-order valence-electron chi connectivity index (χ3n) is 3.14. The van der Waals surface area contributed by atoms with Crippen LogP contribution >= 0.6 is 11.3 Å². The second kappa shape index (κ2) is 6.52. The van der Waals surface area contributed by atoms with Gasteiger partial charge in [0.25, 0.3) is 0 Å². The van der Waals surface area contributed by atoms with Gasteiger partial charge in [0.05, 0.1) is 16.0 Å². The minimum Gasteiger partial charge on any atom is -0.406 e. The van der Waals surface area contributed by atoms with Crippen molar-refractivity contribution < 1.29 is 26.3 Å². The van der Waals surface area contributed by atoms with Gasteiger partial charge in [-0.1, -0.05) is 18.3 Å². The summed E-state index contributed by atoms with van der Waals surface area (Å²) >= 11 is 1.18. The molecule has 0 N–H and O–H groups in total. The normalized spacial score (nSPS) is 13.7. The Morgan fingerprint density at radius 3 is 2.61 bits per heavy atom. The van der Waals surface area contributed by atoms with Crippen molar-refractivity contribution in [1.29, 1.82) is 0 Å². The molecule has 0 amide bonds. The van der Waals surface area contributed by atoms with E-state index in [1.165, 1.54) is 29.5 Å². The van der Waals surface area contributed by atoms with Gasteiger partial charge in [0, 0.05) is 19.3 Å². The van der Waals surface area contributed by atoms with Crippen LogP contribution in [-0.4, -0.2) is 37.9 Å². The fourth-order valence-corrected chi connectivity index (χ4v) is 3.81. The highest BCUT2D eigenvalue weighted by atomic mass is 32.2. The Morgan fingerprint density at radius 1 is 1.35 bits per heavy atom. The van der Waals surface area contributed by atoms with E-state index in [-0.39, 0.29) is 23.8 Å². The summed E-state index contributed by atoms with van der Waals surface area (Å²) < 4.78 is 66.3. The average molecular weight is 368 g/mol. The van der Waals surface area contributed by atoms with Gasteiger partial charge in [-0.25, -0.2) is 8.42 Å². The number of sulfone groups is 1. The highest BCUT2D eigenvalue weighted by Gasteiger charge is 2.31. The largest absolute Gasteiger partial charge is 0.573 e. The van der Waals surface area contributed by atoms with E-state index < -0.39 is 16.2 Å². The molecule has 0 aliphatic rings. The van der Waals surface area contributed by atoms with Crippen LogP contribution in [0.5, 0.6) is 5.75 Å². The van der Waals surface area contributed by atoms with Gasteiger partial charge in [-0.2, -0.15) is 0 Å². The Bertz CT molecular complexity index is 867. The standard InChI is InChI=1S/C13H15F3N2O3S2/c1-3-23(19,20)7-6-18-10-5-4-9(21-13(14,15)16)8-11(10)22-12(18)17-2/h4-5,8H,3,6-7H2,1-2H3. The molecule has 2 aromatic rings. The van der Waals surface area contributed by atoms with Crippen molar-refractivity contribution in [3.8, 4) is 5.75 Å². The predicted octanol–water partition coefficient (Wildman–Crippen LogP) is 2.57. The zero-order valence-electron chi connectivity index (χ0n) is 12.4. The number of nitrogens with zero attached hydrogens (tertiary/aromatic N) is 2. The summed E-state index contributed by atoms with van der Waals surface area (Å²) in [6.45, 7) is 1.76. The van der Waals surface area contributed by atoms with Crippen LogP contribution < -0.4 is 9.54 Å². The van der Waals surface area contributed by atoms with E-state index in [1.807, 2.05) is 0 Å². The van der Waals surface area contributed by atoms with Crippen LogP contribution in [0.4, 0.5) is 13.2 Å². The molecule has 0 aliphatic heterocycles. The number of hydrogen-bond donors (Lipinski definition) is 0. The van der Waals surface area contributed by atoms with Gasteiger partial charge < -0.3 is 9.30 Å². The molecule has 0 fully saturated rings. The topological polar surface area (TPSA) is 60.7 Å². The molecule has 5 nitrogen and oxygen atoms in total.